The van der Waals surface area contributed by atoms with Crippen molar-refractivity contribution < 1.29 is 0 Å². The second-order valence-corrected chi connectivity index (χ2v) is 3.83. The Morgan fingerprint density at radius 2 is 1.54 bits per heavy atom. The molecule has 0 amide bonds. The van der Waals surface area contributed by atoms with Crippen molar-refractivity contribution in [2.45, 2.75) is 65.3 Å². The largest absolute Gasteiger partial charge is 0.325 e. The van der Waals surface area contributed by atoms with Crippen LogP contribution in [-0.4, -0.2) is 5.54 Å². The molecule has 1 nitrogen and oxygen atoms in total. The lowest BCUT2D eigenvalue weighted by Gasteiger charge is -2.35. The molecule has 0 aliphatic rings. The van der Waals surface area contributed by atoms with Gasteiger partial charge < -0.3 is 5.73 Å². The third-order valence-electron chi connectivity index (χ3n) is 3.26. The van der Waals surface area contributed by atoms with Crippen LogP contribution in [0, 0.1) is 5.92 Å². The van der Waals surface area contributed by atoms with Crippen LogP contribution in [0.5, 0.6) is 0 Å². The standard InChI is InChI=1S/C11H25N.ClH/c1-5-9-10(6-2)11(12,7-3)8-4;/h10H,5-9,12H2,1-4H3;1H. The Bertz CT molecular complexity index is 111. The zero-order valence-corrected chi connectivity index (χ0v) is 10.4. The van der Waals surface area contributed by atoms with Gasteiger partial charge in [-0.3, -0.25) is 0 Å². The first-order valence-corrected chi connectivity index (χ1v) is 5.43. The molecule has 0 heterocycles. The minimum absolute atomic E-state index is 0. The number of halogens is 1. The first kappa shape index (κ1) is 15.7. The van der Waals surface area contributed by atoms with Gasteiger partial charge in [0, 0.05) is 5.54 Å². The van der Waals surface area contributed by atoms with Gasteiger partial charge in [0.05, 0.1) is 0 Å². The molecule has 0 radical (unpaired) electrons. The number of nitrogens with two attached hydrogens (primary N) is 1. The van der Waals surface area contributed by atoms with E-state index in [1.165, 1.54) is 19.3 Å². The Morgan fingerprint density at radius 1 is 1.08 bits per heavy atom. The fraction of sp³-hybridized carbons (Fsp3) is 1.00. The van der Waals surface area contributed by atoms with Crippen LogP contribution in [0.3, 0.4) is 0 Å². The van der Waals surface area contributed by atoms with E-state index >= 15 is 0 Å². The summed E-state index contributed by atoms with van der Waals surface area (Å²) in [5.74, 6) is 0.720. The summed E-state index contributed by atoms with van der Waals surface area (Å²) >= 11 is 0. The topological polar surface area (TPSA) is 26.0 Å². The first-order valence-electron chi connectivity index (χ1n) is 5.43. The van der Waals surface area contributed by atoms with Crippen LogP contribution in [0.2, 0.25) is 0 Å². The molecule has 1 atom stereocenters. The molecule has 0 aromatic carbocycles. The second-order valence-electron chi connectivity index (χ2n) is 3.83. The second kappa shape index (κ2) is 7.64. The SMILES string of the molecule is CCCC(CC)C(N)(CC)CC.Cl. The molecule has 1 unspecified atom stereocenters. The molecule has 0 aromatic rings. The van der Waals surface area contributed by atoms with Gasteiger partial charge in [-0.05, 0) is 25.2 Å². The van der Waals surface area contributed by atoms with E-state index < -0.39 is 0 Å². The molecule has 0 bridgehead atoms. The minimum atomic E-state index is 0. The molecule has 0 aliphatic carbocycles. The summed E-state index contributed by atoms with van der Waals surface area (Å²) in [6.45, 7) is 8.92. The zero-order chi connectivity index (χ0) is 9.61. The van der Waals surface area contributed by atoms with Crippen LogP contribution in [0.4, 0.5) is 0 Å². The molecule has 0 saturated carbocycles. The van der Waals surface area contributed by atoms with Crippen molar-refractivity contribution in [3.05, 3.63) is 0 Å². The van der Waals surface area contributed by atoms with Gasteiger partial charge in [-0.2, -0.15) is 0 Å². The normalized spacial score (nSPS) is 13.6. The average Bonchev–Trinajstić information content (AvgIpc) is 2.13. The molecule has 13 heavy (non-hydrogen) atoms. The third-order valence-corrected chi connectivity index (χ3v) is 3.26. The van der Waals surface area contributed by atoms with E-state index in [4.69, 9.17) is 5.73 Å². The first-order chi connectivity index (χ1) is 5.64. The lowest BCUT2D eigenvalue weighted by atomic mass is 9.76. The van der Waals surface area contributed by atoms with Gasteiger partial charge in [-0.15, -0.1) is 12.4 Å². The van der Waals surface area contributed by atoms with Crippen LogP contribution in [-0.2, 0) is 0 Å². The summed E-state index contributed by atoms with van der Waals surface area (Å²) in [7, 11) is 0. The number of rotatable bonds is 6. The maximum atomic E-state index is 6.34. The van der Waals surface area contributed by atoms with Crippen molar-refractivity contribution in [2.75, 3.05) is 0 Å². The molecule has 0 aliphatic heterocycles. The summed E-state index contributed by atoms with van der Waals surface area (Å²) in [5, 5.41) is 0. The lowest BCUT2D eigenvalue weighted by molar-refractivity contribution is 0.229. The van der Waals surface area contributed by atoms with Crippen molar-refractivity contribution in [2.24, 2.45) is 11.7 Å². The molecule has 0 rings (SSSR count). The zero-order valence-electron chi connectivity index (χ0n) is 9.60. The predicted molar refractivity (Wildman–Crippen MR) is 63.4 cm³/mol. The van der Waals surface area contributed by atoms with Crippen molar-refractivity contribution >= 4 is 12.4 Å². The highest BCUT2D eigenvalue weighted by Gasteiger charge is 2.28. The Balaban J connectivity index is 0. The van der Waals surface area contributed by atoms with Gasteiger partial charge in [0.15, 0.2) is 0 Å². The summed E-state index contributed by atoms with van der Waals surface area (Å²) < 4.78 is 0. The maximum absolute atomic E-state index is 6.34. The van der Waals surface area contributed by atoms with E-state index in [0.29, 0.717) is 0 Å². The monoisotopic (exact) mass is 207 g/mol. The highest BCUT2D eigenvalue weighted by molar-refractivity contribution is 5.85. The lowest BCUT2D eigenvalue weighted by Crippen LogP contribution is -2.45. The number of hydrogen-bond donors (Lipinski definition) is 1. The molecule has 0 spiro atoms. The molecule has 2 heteroatoms. The average molecular weight is 208 g/mol. The fourth-order valence-corrected chi connectivity index (χ4v) is 2.07. The van der Waals surface area contributed by atoms with Gasteiger partial charge in [-0.1, -0.05) is 40.5 Å². The molecule has 2 N–H and O–H groups in total. The summed E-state index contributed by atoms with van der Waals surface area (Å²) in [5.41, 5.74) is 6.44. The maximum Gasteiger partial charge on any atom is 0.0177 e. The van der Waals surface area contributed by atoms with E-state index in [2.05, 4.69) is 27.7 Å². The van der Waals surface area contributed by atoms with Crippen LogP contribution in [0.15, 0.2) is 0 Å². The highest BCUT2D eigenvalue weighted by Crippen LogP contribution is 2.28. The highest BCUT2D eigenvalue weighted by atomic mass is 35.5. The smallest absolute Gasteiger partial charge is 0.0177 e. The molecule has 0 fully saturated rings. The molecule has 82 valence electrons. The van der Waals surface area contributed by atoms with Crippen molar-refractivity contribution in [3.63, 3.8) is 0 Å². The summed E-state index contributed by atoms with van der Waals surface area (Å²) in [6, 6.07) is 0. The van der Waals surface area contributed by atoms with E-state index in [1.807, 2.05) is 0 Å². The van der Waals surface area contributed by atoms with Crippen molar-refractivity contribution in [3.8, 4) is 0 Å². The summed E-state index contributed by atoms with van der Waals surface area (Å²) in [6.07, 6.45) is 6.00. The van der Waals surface area contributed by atoms with Crippen molar-refractivity contribution in [1.82, 2.24) is 0 Å². The van der Waals surface area contributed by atoms with Gasteiger partial charge in [-0.25, -0.2) is 0 Å². The van der Waals surface area contributed by atoms with E-state index in [0.717, 1.165) is 18.8 Å². The van der Waals surface area contributed by atoms with Crippen LogP contribution < -0.4 is 5.73 Å². The van der Waals surface area contributed by atoms with Gasteiger partial charge in [0.25, 0.3) is 0 Å². The van der Waals surface area contributed by atoms with E-state index in [1.54, 1.807) is 0 Å². The summed E-state index contributed by atoms with van der Waals surface area (Å²) in [4.78, 5) is 0. The fourth-order valence-electron chi connectivity index (χ4n) is 2.07. The molecule has 0 aromatic heterocycles. The minimum Gasteiger partial charge on any atom is -0.325 e. The van der Waals surface area contributed by atoms with Gasteiger partial charge >= 0.3 is 0 Å². The van der Waals surface area contributed by atoms with E-state index in [-0.39, 0.29) is 17.9 Å². The van der Waals surface area contributed by atoms with Crippen LogP contribution in [0.25, 0.3) is 0 Å². The van der Waals surface area contributed by atoms with Gasteiger partial charge in [0.1, 0.15) is 0 Å². The van der Waals surface area contributed by atoms with Crippen molar-refractivity contribution in [1.29, 1.82) is 0 Å². The van der Waals surface area contributed by atoms with Crippen LogP contribution in [0.1, 0.15) is 59.8 Å². The molecule has 0 saturated heterocycles. The van der Waals surface area contributed by atoms with Gasteiger partial charge in [0.2, 0.25) is 0 Å². The molecular weight excluding hydrogens is 182 g/mol. The van der Waals surface area contributed by atoms with Crippen LogP contribution >= 0.6 is 12.4 Å². The Morgan fingerprint density at radius 3 is 1.77 bits per heavy atom. The predicted octanol–water partition coefficient (Wildman–Crippen LogP) is 3.75. The molecular formula is C11H26ClN. The third kappa shape index (κ3) is 4.33. The Kier molecular flexibility index (Phi) is 9.23. The Labute approximate surface area is 89.9 Å². The quantitative estimate of drug-likeness (QED) is 0.706. The Hall–Kier alpha value is 0.250. The van der Waals surface area contributed by atoms with E-state index in [9.17, 15) is 0 Å². The number of hydrogen-bond acceptors (Lipinski definition) is 1.